The molecule has 0 fully saturated rings. The van der Waals surface area contributed by atoms with E-state index < -0.39 is 0 Å². The van der Waals surface area contributed by atoms with Crippen LogP contribution < -0.4 is 10.5 Å². The maximum absolute atomic E-state index is 5.94. The molecule has 0 bridgehead atoms. The molecule has 1 aromatic heterocycles. The molecule has 0 aliphatic carbocycles. The standard InChI is InChI=1S/C14H19N3O/c1-11-3-4-13(12(2)15)14(9-11)18-8-7-17-6-5-16-10-17/h3-6,9-10,12H,7-8,15H2,1-2H3/t12-/m1/s1. The van der Waals surface area contributed by atoms with Crippen molar-refractivity contribution >= 4 is 0 Å². The largest absolute Gasteiger partial charge is 0.491 e. The number of ether oxygens (including phenoxy) is 1. The zero-order valence-corrected chi connectivity index (χ0v) is 10.8. The summed E-state index contributed by atoms with van der Waals surface area (Å²) in [4.78, 5) is 4.00. The summed E-state index contributed by atoms with van der Waals surface area (Å²) in [6.45, 7) is 5.41. The van der Waals surface area contributed by atoms with Crippen molar-refractivity contribution in [2.24, 2.45) is 5.73 Å². The molecule has 4 nitrogen and oxygen atoms in total. The number of nitrogens with two attached hydrogens (primary N) is 1. The molecule has 96 valence electrons. The Hall–Kier alpha value is -1.81. The summed E-state index contributed by atoms with van der Waals surface area (Å²) < 4.78 is 7.81. The molecule has 0 amide bonds. The second-order valence-electron chi connectivity index (χ2n) is 4.48. The monoisotopic (exact) mass is 245 g/mol. The van der Waals surface area contributed by atoms with Gasteiger partial charge in [0.1, 0.15) is 12.4 Å². The highest BCUT2D eigenvalue weighted by molar-refractivity contribution is 5.38. The van der Waals surface area contributed by atoms with Gasteiger partial charge in [-0.25, -0.2) is 4.98 Å². The topological polar surface area (TPSA) is 53.1 Å². The maximum atomic E-state index is 5.94. The number of aryl methyl sites for hydroxylation is 1. The third kappa shape index (κ3) is 3.11. The van der Waals surface area contributed by atoms with Gasteiger partial charge in [-0.2, -0.15) is 0 Å². The summed E-state index contributed by atoms with van der Waals surface area (Å²) >= 11 is 0. The van der Waals surface area contributed by atoms with Crippen LogP contribution in [-0.2, 0) is 6.54 Å². The first-order chi connectivity index (χ1) is 8.66. The third-order valence-electron chi connectivity index (χ3n) is 2.83. The Morgan fingerprint density at radius 2 is 2.28 bits per heavy atom. The van der Waals surface area contributed by atoms with Crippen LogP contribution in [-0.4, -0.2) is 16.2 Å². The Morgan fingerprint density at radius 1 is 1.44 bits per heavy atom. The molecule has 0 aliphatic rings. The SMILES string of the molecule is Cc1ccc([C@@H](C)N)c(OCCn2ccnc2)c1. The van der Waals surface area contributed by atoms with Crippen LogP contribution in [0.25, 0.3) is 0 Å². The van der Waals surface area contributed by atoms with Gasteiger partial charge in [-0.3, -0.25) is 0 Å². The summed E-state index contributed by atoms with van der Waals surface area (Å²) in [5, 5.41) is 0. The van der Waals surface area contributed by atoms with Crippen molar-refractivity contribution in [2.75, 3.05) is 6.61 Å². The van der Waals surface area contributed by atoms with Crippen LogP contribution in [0.1, 0.15) is 24.1 Å². The van der Waals surface area contributed by atoms with E-state index in [-0.39, 0.29) is 6.04 Å². The van der Waals surface area contributed by atoms with Gasteiger partial charge >= 0.3 is 0 Å². The first-order valence-electron chi connectivity index (χ1n) is 6.11. The van der Waals surface area contributed by atoms with Crippen LogP contribution in [0.3, 0.4) is 0 Å². The second-order valence-corrected chi connectivity index (χ2v) is 4.48. The van der Waals surface area contributed by atoms with E-state index in [0.717, 1.165) is 17.9 Å². The molecule has 0 unspecified atom stereocenters. The number of aromatic nitrogens is 2. The molecule has 1 aromatic carbocycles. The van der Waals surface area contributed by atoms with Gasteiger partial charge in [-0.15, -0.1) is 0 Å². The van der Waals surface area contributed by atoms with Crippen LogP contribution in [0, 0.1) is 6.92 Å². The lowest BCUT2D eigenvalue weighted by atomic mass is 10.1. The van der Waals surface area contributed by atoms with E-state index in [4.69, 9.17) is 10.5 Å². The zero-order chi connectivity index (χ0) is 13.0. The first kappa shape index (κ1) is 12.6. The smallest absolute Gasteiger partial charge is 0.124 e. The molecule has 0 spiro atoms. The molecule has 0 saturated carbocycles. The first-order valence-corrected chi connectivity index (χ1v) is 6.11. The van der Waals surface area contributed by atoms with E-state index in [9.17, 15) is 0 Å². The number of rotatable bonds is 5. The van der Waals surface area contributed by atoms with Crippen LogP contribution in [0.4, 0.5) is 0 Å². The van der Waals surface area contributed by atoms with Gasteiger partial charge in [0, 0.05) is 24.0 Å². The Bertz CT molecular complexity index is 492. The van der Waals surface area contributed by atoms with E-state index in [1.165, 1.54) is 5.56 Å². The fourth-order valence-corrected chi connectivity index (χ4v) is 1.82. The van der Waals surface area contributed by atoms with E-state index in [0.29, 0.717) is 6.61 Å². The molecular weight excluding hydrogens is 226 g/mol. The predicted octanol–water partition coefficient (Wildman–Crippen LogP) is 2.29. The molecule has 0 radical (unpaired) electrons. The molecule has 0 aliphatic heterocycles. The molecule has 2 aromatic rings. The molecule has 1 heterocycles. The van der Waals surface area contributed by atoms with Crippen molar-refractivity contribution in [3.8, 4) is 5.75 Å². The van der Waals surface area contributed by atoms with Crippen LogP contribution in [0.5, 0.6) is 5.75 Å². The van der Waals surface area contributed by atoms with E-state index in [2.05, 4.69) is 11.1 Å². The summed E-state index contributed by atoms with van der Waals surface area (Å²) in [5.41, 5.74) is 8.16. The number of nitrogens with zero attached hydrogens (tertiary/aromatic N) is 2. The number of hydrogen-bond donors (Lipinski definition) is 1. The lowest BCUT2D eigenvalue weighted by Crippen LogP contribution is -2.11. The summed E-state index contributed by atoms with van der Waals surface area (Å²) in [6, 6.07) is 6.11. The van der Waals surface area contributed by atoms with Crippen molar-refractivity contribution in [2.45, 2.75) is 26.4 Å². The Kier molecular flexibility index (Phi) is 3.99. The van der Waals surface area contributed by atoms with Crippen LogP contribution in [0.15, 0.2) is 36.9 Å². The lowest BCUT2D eigenvalue weighted by Gasteiger charge is -2.15. The quantitative estimate of drug-likeness (QED) is 0.879. The van der Waals surface area contributed by atoms with Gasteiger partial charge in [-0.1, -0.05) is 12.1 Å². The van der Waals surface area contributed by atoms with Crippen molar-refractivity contribution in [3.63, 3.8) is 0 Å². The minimum atomic E-state index is -0.0196. The maximum Gasteiger partial charge on any atom is 0.124 e. The molecule has 1 atom stereocenters. The number of imidazole rings is 1. The van der Waals surface area contributed by atoms with Crippen LogP contribution >= 0.6 is 0 Å². The number of benzene rings is 1. The second kappa shape index (κ2) is 5.69. The van der Waals surface area contributed by atoms with Gasteiger partial charge < -0.3 is 15.0 Å². The normalized spacial score (nSPS) is 12.4. The van der Waals surface area contributed by atoms with Gasteiger partial charge in [0.05, 0.1) is 12.9 Å². The molecule has 18 heavy (non-hydrogen) atoms. The minimum Gasteiger partial charge on any atom is -0.491 e. The molecule has 2 N–H and O–H groups in total. The summed E-state index contributed by atoms with van der Waals surface area (Å²) in [5.74, 6) is 0.880. The highest BCUT2D eigenvalue weighted by Gasteiger charge is 2.08. The van der Waals surface area contributed by atoms with E-state index in [1.54, 1.807) is 12.5 Å². The van der Waals surface area contributed by atoms with Gasteiger partial charge in [0.15, 0.2) is 0 Å². The molecular formula is C14H19N3O. The Balaban J connectivity index is 2.01. The highest BCUT2D eigenvalue weighted by atomic mass is 16.5. The number of hydrogen-bond acceptors (Lipinski definition) is 3. The zero-order valence-electron chi connectivity index (χ0n) is 10.8. The summed E-state index contributed by atoms with van der Waals surface area (Å²) in [7, 11) is 0. The average molecular weight is 245 g/mol. The van der Waals surface area contributed by atoms with Crippen LogP contribution in [0.2, 0.25) is 0 Å². The summed E-state index contributed by atoms with van der Waals surface area (Å²) in [6.07, 6.45) is 5.47. The molecule has 0 saturated heterocycles. The average Bonchev–Trinajstić information content (AvgIpc) is 2.82. The van der Waals surface area contributed by atoms with Gasteiger partial charge in [-0.05, 0) is 25.5 Å². The van der Waals surface area contributed by atoms with Crippen molar-refractivity contribution < 1.29 is 4.74 Å². The fourth-order valence-electron chi connectivity index (χ4n) is 1.82. The van der Waals surface area contributed by atoms with E-state index >= 15 is 0 Å². The minimum absolute atomic E-state index is 0.0196. The molecule has 2 rings (SSSR count). The van der Waals surface area contributed by atoms with Gasteiger partial charge in [0.25, 0.3) is 0 Å². The predicted molar refractivity (Wildman–Crippen MR) is 71.5 cm³/mol. The van der Waals surface area contributed by atoms with E-state index in [1.807, 2.05) is 36.7 Å². The third-order valence-corrected chi connectivity index (χ3v) is 2.83. The van der Waals surface area contributed by atoms with Crippen molar-refractivity contribution in [1.82, 2.24) is 9.55 Å². The van der Waals surface area contributed by atoms with Crippen molar-refractivity contribution in [3.05, 3.63) is 48.0 Å². The Labute approximate surface area is 107 Å². The highest BCUT2D eigenvalue weighted by Crippen LogP contribution is 2.25. The van der Waals surface area contributed by atoms with Crippen molar-refractivity contribution in [1.29, 1.82) is 0 Å². The fraction of sp³-hybridized carbons (Fsp3) is 0.357. The lowest BCUT2D eigenvalue weighted by molar-refractivity contribution is 0.294. The molecule has 4 heteroatoms. The van der Waals surface area contributed by atoms with Gasteiger partial charge in [0.2, 0.25) is 0 Å². The Morgan fingerprint density at radius 3 is 2.94 bits per heavy atom.